The van der Waals surface area contributed by atoms with Crippen LogP contribution in [0.2, 0.25) is 0 Å². The van der Waals surface area contributed by atoms with Gasteiger partial charge in [-0.3, -0.25) is 4.79 Å². The molecular weight excluding hydrogens is 176 g/mol. The molecule has 2 unspecified atom stereocenters. The van der Waals surface area contributed by atoms with Crippen molar-refractivity contribution in [3.63, 3.8) is 0 Å². The molecule has 0 radical (unpaired) electrons. The quantitative estimate of drug-likeness (QED) is 0.612. The van der Waals surface area contributed by atoms with E-state index in [9.17, 15) is 4.79 Å². The van der Waals surface area contributed by atoms with Crippen molar-refractivity contribution in [1.82, 2.24) is 5.32 Å². The summed E-state index contributed by atoms with van der Waals surface area (Å²) in [5.74, 6) is 0.880. The molecule has 3 nitrogen and oxygen atoms in total. The van der Waals surface area contributed by atoms with E-state index in [1.165, 1.54) is 0 Å². The summed E-state index contributed by atoms with van der Waals surface area (Å²) in [6.07, 6.45) is 3.03. The van der Waals surface area contributed by atoms with E-state index < -0.39 is 0 Å². The van der Waals surface area contributed by atoms with E-state index in [0.29, 0.717) is 5.92 Å². The zero-order valence-corrected chi connectivity index (χ0v) is 9.68. The maximum absolute atomic E-state index is 11.4. The molecule has 0 saturated carbocycles. The zero-order chi connectivity index (χ0) is 11.0. The molecular formula is C11H24N2O. The van der Waals surface area contributed by atoms with Gasteiger partial charge < -0.3 is 11.1 Å². The van der Waals surface area contributed by atoms with Crippen LogP contribution in [0.5, 0.6) is 0 Å². The highest BCUT2D eigenvalue weighted by atomic mass is 16.1. The molecule has 0 aromatic heterocycles. The number of carbonyl (C=O) groups is 1. The van der Waals surface area contributed by atoms with Gasteiger partial charge in [-0.05, 0) is 31.7 Å². The molecule has 0 aliphatic heterocycles. The van der Waals surface area contributed by atoms with E-state index in [-0.39, 0.29) is 11.8 Å². The first-order chi connectivity index (χ1) is 6.61. The van der Waals surface area contributed by atoms with Crippen molar-refractivity contribution in [2.24, 2.45) is 17.6 Å². The molecule has 3 N–H and O–H groups in total. The predicted octanol–water partition coefficient (Wildman–Crippen LogP) is 1.52. The summed E-state index contributed by atoms with van der Waals surface area (Å²) in [7, 11) is 0. The van der Waals surface area contributed by atoms with E-state index >= 15 is 0 Å². The number of hydrogen-bond donors (Lipinski definition) is 2. The fourth-order valence-electron chi connectivity index (χ4n) is 1.14. The monoisotopic (exact) mass is 200 g/mol. The topological polar surface area (TPSA) is 55.1 Å². The minimum atomic E-state index is 0.141. The summed E-state index contributed by atoms with van der Waals surface area (Å²) >= 11 is 0. The highest BCUT2D eigenvalue weighted by molar-refractivity contribution is 5.78. The Labute approximate surface area is 87.4 Å². The van der Waals surface area contributed by atoms with Gasteiger partial charge in [0.15, 0.2) is 0 Å². The molecule has 0 aromatic carbocycles. The largest absolute Gasteiger partial charge is 0.356 e. The molecule has 0 heterocycles. The van der Waals surface area contributed by atoms with Crippen LogP contribution in [0.25, 0.3) is 0 Å². The lowest BCUT2D eigenvalue weighted by Gasteiger charge is -2.11. The molecule has 2 atom stereocenters. The Morgan fingerprint density at radius 1 is 1.43 bits per heavy atom. The fourth-order valence-corrected chi connectivity index (χ4v) is 1.14. The normalized spacial score (nSPS) is 14.9. The van der Waals surface area contributed by atoms with E-state index in [1.807, 2.05) is 13.8 Å². The van der Waals surface area contributed by atoms with Crippen molar-refractivity contribution < 1.29 is 4.79 Å². The number of nitrogens with one attached hydrogen (secondary N) is 1. The van der Waals surface area contributed by atoms with E-state index in [0.717, 1.165) is 32.4 Å². The van der Waals surface area contributed by atoms with Gasteiger partial charge in [-0.15, -0.1) is 0 Å². The van der Waals surface area contributed by atoms with Gasteiger partial charge in [-0.2, -0.15) is 0 Å². The Morgan fingerprint density at radius 3 is 2.57 bits per heavy atom. The molecule has 0 fully saturated rings. The van der Waals surface area contributed by atoms with Gasteiger partial charge in [-0.1, -0.05) is 20.8 Å². The third-order valence-corrected chi connectivity index (χ3v) is 2.64. The number of hydrogen-bond acceptors (Lipinski definition) is 2. The molecule has 14 heavy (non-hydrogen) atoms. The molecule has 0 aromatic rings. The Kier molecular flexibility index (Phi) is 7.48. The minimum Gasteiger partial charge on any atom is -0.356 e. The molecule has 0 bridgehead atoms. The number of carbonyl (C=O) groups excluding carboxylic acids is 1. The molecule has 0 aliphatic rings. The van der Waals surface area contributed by atoms with Crippen molar-refractivity contribution in [3.8, 4) is 0 Å². The van der Waals surface area contributed by atoms with E-state index in [4.69, 9.17) is 5.73 Å². The Morgan fingerprint density at radius 2 is 2.07 bits per heavy atom. The summed E-state index contributed by atoms with van der Waals surface area (Å²) in [4.78, 5) is 11.4. The Bertz CT molecular complexity index is 159. The molecule has 0 rings (SSSR count). The van der Waals surface area contributed by atoms with Crippen LogP contribution in [0, 0.1) is 11.8 Å². The lowest BCUT2D eigenvalue weighted by atomic mass is 10.1. The fraction of sp³-hybridized carbons (Fsp3) is 0.909. The van der Waals surface area contributed by atoms with Crippen LogP contribution >= 0.6 is 0 Å². The second-order valence-electron chi connectivity index (χ2n) is 4.08. The van der Waals surface area contributed by atoms with Crippen LogP contribution in [0.3, 0.4) is 0 Å². The van der Waals surface area contributed by atoms with Gasteiger partial charge in [0.2, 0.25) is 5.91 Å². The molecule has 0 saturated heterocycles. The van der Waals surface area contributed by atoms with Gasteiger partial charge in [0.25, 0.3) is 0 Å². The number of nitrogens with two attached hydrogens (primary N) is 1. The first-order valence-electron chi connectivity index (χ1n) is 5.59. The zero-order valence-electron chi connectivity index (χ0n) is 9.68. The summed E-state index contributed by atoms with van der Waals surface area (Å²) < 4.78 is 0. The molecule has 0 spiro atoms. The minimum absolute atomic E-state index is 0.141. The van der Waals surface area contributed by atoms with Crippen LogP contribution < -0.4 is 11.1 Å². The average molecular weight is 200 g/mol. The summed E-state index contributed by atoms with van der Waals surface area (Å²) in [6.45, 7) is 7.64. The average Bonchev–Trinajstić information content (AvgIpc) is 2.22. The van der Waals surface area contributed by atoms with Crippen LogP contribution in [-0.2, 0) is 4.79 Å². The van der Waals surface area contributed by atoms with Gasteiger partial charge in [0.05, 0.1) is 0 Å². The first-order valence-corrected chi connectivity index (χ1v) is 5.59. The van der Waals surface area contributed by atoms with Gasteiger partial charge in [-0.25, -0.2) is 0 Å². The van der Waals surface area contributed by atoms with Crippen LogP contribution in [-0.4, -0.2) is 19.0 Å². The van der Waals surface area contributed by atoms with Crippen LogP contribution in [0.4, 0.5) is 0 Å². The standard InChI is InChI=1S/C11H24N2O/c1-4-10(3)11(14)13-7-5-6-9(2)8-12/h9-10H,4-8,12H2,1-3H3,(H,13,14). The number of amides is 1. The summed E-state index contributed by atoms with van der Waals surface area (Å²) in [5.41, 5.74) is 5.50. The predicted molar refractivity (Wildman–Crippen MR) is 59.9 cm³/mol. The highest BCUT2D eigenvalue weighted by Gasteiger charge is 2.08. The van der Waals surface area contributed by atoms with Crippen molar-refractivity contribution >= 4 is 5.91 Å². The molecule has 3 heteroatoms. The van der Waals surface area contributed by atoms with Gasteiger partial charge in [0.1, 0.15) is 0 Å². The number of rotatable bonds is 7. The lowest BCUT2D eigenvalue weighted by Crippen LogP contribution is -2.30. The van der Waals surface area contributed by atoms with Gasteiger partial charge in [0, 0.05) is 12.5 Å². The second kappa shape index (κ2) is 7.80. The Hall–Kier alpha value is -0.570. The van der Waals surface area contributed by atoms with Crippen LogP contribution in [0.15, 0.2) is 0 Å². The van der Waals surface area contributed by atoms with Crippen molar-refractivity contribution in [2.45, 2.75) is 40.0 Å². The highest BCUT2D eigenvalue weighted by Crippen LogP contribution is 2.03. The molecule has 84 valence electrons. The Balaban J connectivity index is 3.40. The summed E-state index contributed by atoms with van der Waals surface area (Å²) in [5, 5.41) is 2.93. The smallest absolute Gasteiger partial charge is 0.222 e. The SMILES string of the molecule is CCC(C)C(=O)NCCCC(C)CN. The first kappa shape index (κ1) is 13.4. The maximum atomic E-state index is 11.4. The van der Waals surface area contributed by atoms with Crippen molar-refractivity contribution in [2.75, 3.05) is 13.1 Å². The lowest BCUT2D eigenvalue weighted by molar-refractivity contribution is -0.124. The molecule has 0 aliphatic carbocycles. The van der Waals surface area contributed by atoms with E-state index in [1.54, 1.807) is 0 Å². The third kappa shape index (κ3) is 5.97. The summed E-state index contributed by atoms with van der Waals surface area (Å²) in [6, 6.07) is 0. The van der Waals surface area contributed by atoms with Crippen LogP contribution in [0.1, 0.15) is 40.0 Å². The van der Waals surface area contributed by atoms with E-state index in [2.05, 4.69) is 12.2 Å². The van der Waals surface area contributed by atoms with Crippen molar-refractivity contribution in [3.05, 3.63) is 0 Å². The second-order valence-corrected chi connectivity index (χ2v) is 4.08. The molecule has 1 amide bonds. The van der Waals surface area contributed by atoms with Gasteiger partial charge >= 0.3 is 0 Å². The van der Waals surface area contributed by atoms with Crippen molar-refractivity contribution in [1.29, 1.82) is 0 Å². The maximum Gasteiger partial charge on any atom is 0.222 e. The third-order valence-electron chi connectivity index (χ3n) is 2.64.